The van der Waals surface area contributed by atoms with E-state index in [2.05, 4.69) is 10.3 Å². The van der Waals surface area contributed by atoms with Gasteiger partial charge < -0.3 is 15.0 Å². The fraction of sp³-hybridized carbons (Fsp3) is 0.588. The summed E-state index contributed by atoms with van der Waals surface area (Å²) >= 11 is 0. The average molecular weight is 481 g/mol. The summed E-state index contributed by atoms with van der Waals surface area (Å²) in [5.41, 5.74) is 0. The first-order valence-corrected chi connectivity index (χ1v) is 9.80. The van der Waals surface area contributed by atoms with E-state index in [0.29, 0.717) is 25.6 Å². The topological polar surface area (TPSA) is 71.0 Å². The van der Waals surface area contributed by atoms with Crippen LogP contribution in [0.1, 0.15) is 20.8 Å². The first-order chi connectivity index (χ1) is 11.2. The number of hydrogen-bond acceptors (Lipinski definition) is 4. The molecule has 1 aromatic rings. The molecule has 1 aliphatic heterocycles. The fourth-order valence-corrected chi connectivity index (χ4v) is 4.03. The van der Waals surface area contributed by atoms with Crippen LogP contribution in [0.3, 0.4) is 0 Å². The molecule has 2 rings (SSSR count). The molecule has 1 fully saturated rings. The Morgan fingerprint density at radius 3 is 2.56 bits per heavy atom. The van der Waals surface area contributed by atoms with Gasteiger partial charge in [-0.25, -0.2) is 8.42 Å². The molecule has 0 bridgehead atoms. The molecule has 1 unspecified atom stereocenters. The molecular formula is C17H28IN3O3S. The Labute approximate surface area is 168 Å². The van der Waals surface area contributed by atoms with Gasteiger partial charge in [-0.1, -0.05) is 18.2 Å². The van der Waals surface area contributed by atoms with Crippen molar-refractivity contribution < 1.29 is 13.2 Å². The van der Waals surface area contributed by atoms with Crippen LogP contribution in [0, 0.1) is 0 Å². The molecule has 0 radical (unpaired) electrons. The lowest BCUT2D eigenvalue weighted by Gasteiger charge is -2.39. The summed E-state index contributed by atoms with van der Waals surface area (Å²) in [5.74, 6) is 1.69. The van der Waals surface area contributed by atoms with Crippen molar-refractivity contribution >= 4 is 39.8 Å². The third-order valence-corrected chi connectivity index (χ3v) is 6.72. The van der Waals surface area contributed by atoms with Crippen molar-refractivity contribution in [2.45, 2.75) is 31.6 Å². The Morgan fingerprint density at radius 2 is 2.00 bits per heavy atom. The number of ether oxygens (including phenoxy) is 1. The summed E-state index contributed by atoms with van der Waals surface area (Å²) in [6.07, 6.45) is -0.0364. The molecule has 25 heavy (non-hydrogen) atoms. The Morgan fingerprint density at radius 1 is 1.36 bits per heavy atom. The summed E-state index contributed by atoms with van der Waals surface area (Å²) in [7, 11) is -1.35. The highest BCUT2D eigenvalue weighted by atomic mass is 127. The number of hydrogen-bond donors (Lipinski definition) is 1. The minimum Gasteiger partial charge on any atom is -0.489 e. The largest absolute Gasteiger partial charge is 0.489 e. The lowest BCUT2D eigenvalue weighted by Crippen LogP contribution is -2.57. The fourth-order valence-electron chi connectivity index (χ4n) is 2.66. The van der Waals surface area contributed by atoms with E-state index >= 15 is 0 Å². The number of halogens is 1. The number of sulfone groups is 1. The SMILES string of the molecule is CN=C(NCC(C)Oc1ccccc1)N1CCS(=O)(=O)C(C)(C)C1.I. The van der Waals surface area contributed by atoms with Crippen LogP contribution in [0.15, 0.2) is 35.3 Å². The number of para-hydroxylation sites is 1. The van der Waals surface area contributed by atoms with Gasteiger partial charge in [0.25, 0.3) is 0 Å². The molecule has 0 amide bonds. The number of nitrogens with one attached hydrogen (secondary N) is 1. The van der Waals surface area contributed by atoms with E-state index < -0.39 is 14.6 Å². The highest BCUT2D eigenvalue weighted by Crippen LogP contribution is 2.23. The van der Waals surface area contributed by atoms with Crippen molar-refractivity contribution in [3.8, 4) is 5.75 Å². The molecule has 8 heteroatoms. The van der Waals surface area contributed by atoms with Gasteiger partial charge in [0.05, 0.1) is 17.0 Å². The summed E-state index contributed by atoms with van der Waals surface area (Å²) in [4.78, 5) is 6.28. The van der Waals surface area contributed by atoms with E-state index in [1.165, 1.54) is 0 Å². The standard InChI is InChI=1S/C17H27N3O3S.HI/c1-14(23-15-8-6-5-7-9-15)12-19-16(18-4)20-10-11-24(21,22)17(2,3)13-20;/h5-9,14H,10-13H2,1-4H3,(H,18,19);1H. The lowest BCUT2D eigenvalue weighted by molar-refractivity contribution is 0.221. The minimum atomic E-state index is -3.06. The van der Waals surface area contributed by atoms with E-state index in [-0.39, 0.29) is 35.8 Å². The molecule has 0 saturated carbocycles. The van der Waals surface area contributed by atoms with Gasteiger partial charge in [0.2, 0.25) is 0 Å². The lowest BCUT2D eigenvalue weighted by atomic mass is 10.2. The molecule has 6 nitrogen and oxygen atoms in total. The van der Waals surface area contributed by atoms with Gasteiger partial charge in [-0.05, 0) is 32.9 Å². The smallest absolute Gasteiger partial charge is 0.193 e. The van der Waals surface area contributed by atoms with Gasteiger partial charge in [0.1, 0.15) is 11.9 Å². The monoisotopic (exact) mass is 481 g/mol. The molecule has 1 aromatic carbocycles. The molecule has 1 aliphatic rings. The quantitative estimate of drug-likeness (QED) is 0.406. The normalized spacial score (nSPS) is 20.3. The molecule has 0 spiro atoms. The van der Waals surface area contributed by atoms with Crippen LogP contribution in [0.25, 0.3) is 0 Å². The summed E-state index contributed by atoms with van der Waals surface area (Å²) in [6.45, 7) is 7.00. The Balaban J connectivity index is 0.00000312. The number of aliphatic imine (C=N–C) groups is 1. The zero-order chi connectivity index (χ0) is 17.8. The zero-order valence-electron chi connectivity index (χ0n) is 15.2. The second-order valence-corrected chi connectivity index (χ2v) is 9.41. The highest BCUT2D eigenvalue weighted by molar-refractivity contribution is 14.0. The molecule has 0 aliphatic carbocycles. The van der Waals surface area contributed by atoms with Crippen LogP contribution < -0.4 is 10.1 Å². The molecule has 142 valence electrons. The minimum absolute atomic E-state index is 0. The van der Waals surface area contributed by atoms with Crippen molar-refractivity contribution in [2.24, 2.45) is 4.99 Å². The van der Waals surface area contributed by atoms with Gasteiger partial charge in [0.15, 0.2) is 15.8 Å². The highest BCUT2D eigenvalue weighted by Gasteiger charge is 2.40. The maximum Gasteiger partial charge on any atom is 0.193 e. The third-order valence-electron chi connectivity index (χ3n) is 4.18. The molecule has 1 N–H and O–H groups in total. The van der Waals surface area contributed by atoms with Gasteiger partial charge in [-0.3, -0.25) is 4.99 Å². The van der Waals surface area contributed by atoms with Gasteiger partial charge >= 0.3 is 0 Å². The summed E-state index contributed by atoms with van der Waals surface area (Å²) in [5, 5.41) is 3.28. The van der Waals surface area contributed by atoms with Crippen molar-refractivity contribution in [3.05, 3.63) is 30.3 Å². The van der Waals surface area contributed by atoms with Crippen LogP contribution in [0.5, 0.6) is 5.75 Å². The van der Waals surface area contributed by atoms with Gasteiger partial charge in [-0.2, -0.15) is 0 Å². The van der Waals surface area contributed by atoms with Crippen molar-refractivity contribution in [2.75, 3.05) is 32.4 Å². The average Bonchev–Trinajstić information content (AvgIpc) is 2.52. The van der Waals surface area contributed by atoms with Crippen molar-refractivity contribution in [1.82, 2.24) is 10.2 Å². The van der Waals surface area contributed by atoms with Crippen LogP contribution in [0.2, 0.25) is 0 Å². The molecule has 1 atom stereocenters. The maximum atomic E-state index is 12.1. The van der Waals surface area contributed by atoms with Gasteiger partial charge in [0, 0.05) is 20.1 Å². The molecule has 0 aromatic heterocycles. The number of guanidine groups is 1. The summed E-state index contributed by atoms with van der Waals surface area (Å²) in [6, 6.07) is 9.66. The first-order valence-electron chi connectivity index (χ1n) is 8.15. The zero-order valence-corrected chi connectivity index (χ0v) is 18.4. The van der Waals surface area contributed by atoms with Crippen molar-refractivity contribution in [1.29, 1.82) is 0 Å². The summed E-state index contributed by atoms with van der Waals surface area (Å²) < 4.78 is 29.3. The van der Waals surface area contributed by atoms with E-state index in [1.807, 2.05) is 42.2 Å². The van der Waals surface area contributed by atoms with Crippen LogP contribution in [-0.2, 0) is 9.84 Å². The van der Waals surface area contributed by atoms with E-state index in [0.717, 1.165) is 5.75 Å². The molecule has 1 saturated heterocycles. The van der Waals surface area contributed by atoms with Gasteiger partial charge in [-0.15, -0.1) is 24.0 Å². The van der Waals surface area contributed by atoms with Crippen molar-refractivity contribution in [3.63, 3.8) is 0 Å². The maximum absolute atomic E-state index is 12.1. The Bertz CT molecular complexity index is 678. The predicted molar refractivity (Wildman–Crippen MR) is 113 cm³/mol. The van der Waals surface area contributed by atoms with E-state index in [9.17, 15) is 8.42 Å². The van der Waals surface area contributed by atoms with Crippen LogP contribution in [0.4, 0.5) is 0 Å². The first kappa shape index (κ1) is 22.0. The van der Waals surface area contributed by atoms with E-state index in [4.69, 9.17) is 4.74 Å². The Kier molecular flexibility index (Phi) is 7.98. The predicted octanol–water partition coefficient (Wildman–Crippen LogP) is 2.16. The molecular weight excluding hydrogens is 453 g/mol. The van der Waals surface area contributed by atoms with E-state index in [1.54, 1.807) is 20.9 Å². The third kappa shape index (κ3) is 5.73. The Hall–Kier alpha value is -1.03. The molecule has 1 heterocycles. The second kappa shape index (κ2) is 9.07. The van der Waals surface area contributed by atoms with Crippen LogP contribution >= 0.6 is 24.0 Å². The number of benzene rings is 1. The van der Waals surface area contributed by atoms with Crippen LogP contribution in [-0.4, -0.2) is 62.6 Å². The number of nitrogens with zero attached hydrogens (tertiary/aromatic N) is 2. The second-order valence-electron chi connectivity index (χ2n) is 6.67. The number of rotatable bonds is 4.